The van der Waals surface area contributed by atoms with E-state index >= 15 is 0 Å². The molecule has 27 heavy (non-hydrogen) atoms. The molecule has 1 saturated carbocycles. The molecule has 0 unspecified atom stereocenters. The molecule has 3 aromatic rings. The molecule has 0 atom stereocenters. The average molecular weight is 366 g/mol. The van der Waals surface area contributed by atoms with Crippen molar-refractivity contribution in [2.45, 2.75) is 45.8 Å². The lowest BCUT2D eigenvalue weighted by atomic mass is 10.2. The maximum absolute atomic E-state index is 12.6. The average Bonchev–Trinajstić information content (AvgIpc) is 3.26. The van der Waals surface area contributed by atoms with E-state index in [1.54, 1.807) is 17.1 Å². The monoisotopic (exact) mass is 366 g/mol. The number of hydrogen-bond acceptors (Lipinski definition) is 6. The molecule has 1 aliphatic carbocycles. The molecule has 0 radical (unpaired) electrons. The Balaban J connectivity index is 1.69. The zero-order chi connectivity index (χ0) is 19.2. The fourth-order valence-electron chi connectivity index (χ4n) is 3.00. The van der Waals surface area contributed by atoms with E-state index in [2.05, 4.69) is 25.4 Å². The van der Waals surface area contributed by atoms with Crippen molar-refractivity contribution in [3.63, 3.8) is 0 Å². The van der Waals surface area contributed by atoms with Gasteiger partial charge in [-0.15, -0.1) is 0 Å². The van der Waals surface area contributed by atoms with Gasteiger partial charge in [-0.05, 0) is 45.2 Å². The summed E-state index contributed by atoms with van der Waals surface area (Å²) in [5.74, 6) is -0.331. The second-order valence-corrected chi connectivity index (χ2v) is 7.34. The van der Waals surface area contributed by atoms with Gasteiger partial charge in [-0.1, -0.05) is 0 Å². The van der Waals surface area contributed by atoms with Gasteiger partial charge in [-0.25, -0.2) is 0 Å². The number of nitrogens with zero attached hydrogens (tertiary/aromatic N) is 5. The first-order valence-corrected chi connectivity index (χ1v) is 8.97. The number of aryl methyl sites for hydroxylation is 3. The Morgan fingerprint density at radius 1 is 1.26 bits per heavy atom. The van der Waals surface area contributed by atoms with E-state index in [4.69, 9.17) is 0 Å². The summed E-state index contributed by atoms with van der Waals surface area (Å²) in [4.78, 5) is 25.9. The highest BCUT2D eigenvalue weighted by molar-refractivity contribution is 6.03. The Bertz CT molecular complexity index is 1040. The summed E-state index contributed by atoms with van der Waals surface area (Å²) in [7, 11) is 0. The molecule has 3 aromatic heterocycles. The van der Waals surface area contributed by atoms with Gasteiger partial charge in [0.2, 0.25) is 0 Å². The van der Waals surface area contributed by atoms with Crippen molar-refractivity contribution >= 4 is 16.9 Å². The lowest BCUT2D eigenvalue weighted by Gasteiger charge is -2.08. The Labute approximate surface area is 156 Å². The molecule has 0 bridgehead atoms. The number of fused-ring (bicyclic) bond motifs is 1. The van der Waals surface area contributed by atoms with Crippen LogP contribution in [-0.2, 0) is 6.54 Å². The minimum Gasteiger partial charge on any atom is -0.388 e. The third kappa shape index (κ3) is 3.52. The van der Waals surface area contributed by atoms with Crippen LogP contribution in [0.15, 0.2) is 18.5 Å². The second kappa shape index (κ2) is 6.38. The molecule has 0 aromatic carbocycles. The van der Waals surface area contributed by atoms with Crippen molar-refractivity contribution in [1.29, 1.82) is 0 Å². The summed E-state index contributed by atoms with van der Waals surface area (Å²) in [6, 6.07) is 1.96. The fourth-order valence-corrected chi connectivity index (χ4v) is 3.00. The van der Waals surface area contributed by atoms with Gasteiger partial charge in [-0.2, -0.15) is 5.10 Å². The van der Waals surface area contributed by atoms with Gasteiger partial charge in [0.1, 0.15) is 5.52 Å². The van der Waals surface area contributed by atoms with Crippen LogP contribution in [0.25, 0.3) is 11.0 Å². The van der Waals surface area contributed by atoms with Crippen LogP contribution in [0.4, 0.5) is 0 Å². The lowest BCUT2D eigenvalue weighted by molar-refractivity contribution is 0.0892. The smallest absolute Gasteiger partial charge is 0.274 e. The molecule has 0 saturated heterocycles. The number of aliphatic hydroxyl groups is 1. The van der Waals surface area contributed by atoms with Crippen molar-refractivity contribution in [3.8, 4) is 0 Å². The van der Waals surface area contributed by atoms with Crippen LogP contribution in [-0.4, -0.2) is 47.9 Å². The molecule has 140 valence electrons. The molecule has 1 fully saturated rings. The van der Waals surface area contributed by atoms with E-state index in [1.165, 1.54) is 0 Å². The van der Waals surface area contributed by atoms with Gasteiger partial charge in [0.25, 0.3) is 5.91 Å². The molecule has 8 heteroatoms. The van der Waals surface area contributed by atoms with E-state index in [0.717, 1.165) is 28.2 Å². The fraction of sp³-hybridized carbons (Fsp3) is 0.421. The number of nitrogens with one attached hydrogen (secondary N) is 1. The van der Waals surface area contributed by atoms with Crippen LogP contribution in [0.1, 0.15) is 46.0 Å². The molecule has 2 N–H and O–H groups in total. The van der Waals surface area contributed by atoms with Crippen molar-refractivity contribution < 1.29 is 9.90 Å². The number of rotatable bonds is 5. The number of pyridine rings is 1. The van der Waals surface area contributed by atoms with Crippen LogP contribution in [0, 0.1) is 20.8 Å². The van der Waals surface area contributed by atoms with Gasteiger partial charge in [0, 0.05) is 18.9 Å². The molecule has 8 nitrogen and oxygen atoms in total. The Kier molecular flexibility index (Phi) is 4.15. The van der Waals surface area contributed by atoms with Crippen LogP contribution in [0.5, 0.6) is 0 Å². The predicted molar refractivity (Wildman–Crippen MR) is 99.4 cm³/mol. The van der Waals surface area contributed by atoms with Gasteiger partial charge < -0.3 is 10.4 Å². The zero-order valence-corrected chi connectivity index (χ0v) is 15.7. The first kappa shape index (κ1) is 17.5. The van der Waals surface area contributed by atoms with E-state index in [9.17, 15) is 9.90 Å². The van der Waals surface area contributed by atoms with E-state index in [1.807, 2.05) is 26.8 Å². The number of carbonyl (C=O) groups is 1. The molecule has 1 aliphatic rings. The van der Waals surface area contributed by atoms with Crippen molar-refractivity contribution in [3.05, 3.63) is 46.8 Å². The second-order valence-electron chi connectivity index (χ2n) is 7.34. The first-order valence-electron chi connectivity index (χ1n) is 8.97. The third-order valence-electron chi connectivity index (χ3n) is 4.82. The van der Waals surface area contributed by atoms with Crippen LogP contribution >= 0.6 is 0 Å². The molecule has 4 rings (SSSR count). The highest BCUT2D eigenvalue weighted by atomic mass is 16.3. The first-order chi connectivity index (χ1) is 12.8. The Morgan fingerprint density at radius 3 is 2.74 bits per heavy atom. The lowest BCUT2D eigenvalue weighted by Crippen LogP contribution is -2.33. The quantitative estimate of drug-likeness (QED) is 0.708. The number of hydrogen-bond donors (Lipinski definition) is 2. The largest absolute Gasteiger partial charge is 0.388 e. The molecule has 0 aliphatic heterocycles. The van der Waals surface area contributed by atoms with Crippen LogP contribution < -0.4 is 5.32 Å². The summed E-state index contributed by atoms with van der Waals surface area (Å²) in [6.45, 7) is 6.39. The van der Waals surface area contributed by atoms with Gasteiger partial charge in [0.15, 0.2) is 5.69 Å². The van der Waals surface area contributed by atoms with Crippen molar-refractivity contribution in [2.75, 3.05) is 6.54 Å². The standard InChI is InChI=1S/C19H22N6O2/c1-11-6-15-16(21-7-11)17(18(26)22-10-19(27)4-5-19)24-25(15)9-14-13(3)23-12(2)8-20-14/h6-8,27H,4-5,9-10H2,1-3H3,(H,22,26). The highest BCUT2D eigenvalue weighted by Gasteiger charge is 2.40. The third-order valence-corrected chi connectivity index (χ3v) is 4.82. The Hall–Kier alpha value is -2.87. The van der Waals surface area contributed by atoms with Crippen LogP contribution in [0.3, 0.4) is 0 Å². The number of carbonyl (C=O) groups excluding carboxylic acids is 1. The molecule has 1 amide bonds. The maximum atomic E-state index is 12.6. The normalized spacial score (nSPS) is 15.1. The summed E-state index contributed by atoms with van der Waals surface area (Å²) in [6.07, 6.45) is 4.87. The van der Waals surface area contributed by atoms with Gasteiger partial charge in [0.05, 0.1) is 34.7 Å². The summed E-state index contributed by atoms with van der Waals surface area (Å²) in [5.41, 5.74) is 4.28. The molecular weight excluding hydrogens is 344 g/mol. The minimum atomic E-state index is -0.757. The van der Waals surface area contributed by atoms with E-state index < -0.39 is 5.60 Å². The summed E-state index contributed by atoms with van der Waals surface area (Å²) < 4.78 is 1.74. The zero-order valence-electron chi connectivity index (χ0n) is 15.7. The van der Waals surface area contributed by atoms with E-state index in [0.29, 0.717) is 24.9 Å². The van der Waals surface area contributed by atoms with Crippen LogP contribution in [0.2, 0.25) is 0 Å². The molecule has 3 heterocycles. The van der Waals surface area contributed by atoms with Crippen molar-refractivity contribution in [2.24, 2.45) is 0 Å². The maximum Gasteiger partial charge on any atom is 0.274 e. The minimum absolute atomic E-state index is 0.231. The molecule has 0 spiro atoms. The van der Waals surface area contributed by atoms with Gasteiger partial charge in [-0.3, -0.25) is 24.4 Å². The Morgan fingerprint density at radius 2 is 2.04 bits per heavy atom. The summed E-state index contributed by atoms with van der Waals surface area (Å²) in [5, 5.41) is 17.2. The summed E-state index contributed by atoms with van der Waals surface area (Å²) >= 11 is 0. The topological polar surface area (TPSA) is 106 Å². The number of aromatic nitrogens is 5. The van der Waals surface area contributed by atoms with Gasteiger partial charge >= 0.3 is 0 Å². The molecular formula is C19H22N6O2. The number of amides is 1. The van der Waals surface area contributed by atoms with E-state index in [-0.39, 0.29) is 18.1 Å². The van der Waals surface area contributed by atoms with Crippen molar-refractivity contribution in [1.82, 2.24) is 30.0 Å². The predicted octanol–water partition coefficient (Wildman–Crippen LogP) is 1.45. The highest BCUT2D eigenvalue weighted by Crippen LogP contribution is 2.34. The SMILES string of the molecule is Cc1cnc2c(C(=O)NCC3(O)CC3)nn(Cc3ncc(C)nc3C)c2c1.